The highest BCUT2D eigenvalue weighted by atomic mass is 16.6. The molecule has 1 unspecified atom stereocenters. The maximum atomic E-state index is 12.9. The van der Waals surface area contributed by atoms with Crippen LogP contribution in [-0.4, -0.2) is 37.2 Å². The van der Waals surface area contributed by atoms with Gasteiger partial charge in [-0.25, -0.2) is 0 Å². The van der Waals surface area contributed by atoms with Gasteiger partial charge in [-0.1, -0.05) is 293 Å². The largest absolute Gasteiger partial charge is 0.462 e. The van der Waals surface area contributed by atoms with Crippen LogP contribution in [0.4, 0.5) is 0 Å². The Morgan fingerprint density at radius 3 is 0.813 bits per heavy atom. The molecule has 0 spiro atoms. The number of hydrogen-bond acceptors (Lipinski definition) is 6. The smallest absolute Gasteiger partial charge is 0.306 e. The van der Waals surface area contributed by atoms with E-state index >= 15 is 0 Å². The first-order valence-corrected chi connectivity index (χ1v) is 32.4. The second-order valence-corrected chi connectivity index (χ2v) is 21.6. The van der Waals surface area contributed by atoms with Crippen LogP contribution >= 0.6 is 0 Å². The quantitative estimate of drug-likeness (QED) is 0.0261. The Morgan fingerprint density at radius 2 is 0.520 bits per heavy atom. The van der Waals surface area contributed by atoms with Gasteiger partial charge in [0.1, 0.15) is 13.2 Å². The summed E-state index contributed by atoms with van der Waals surface area (Å²) in [7, 11) is 0. The zero-order valence-corrected chi connectivity index (χ0v) is 49.8. The predicted octanol–water partition coefficient (Wildman–Crippen LogP) is 22.1. The van der Waals surface area contributed by atoms with Crippen molar-refractivity contribution in [3.63, 3.8) is 0 Å². The minimum absolute atomic E-state index is 0.0824. The summed E-state index contributed by atoms with van der Waals surface area (Å²) in [6, 6.07) is 0. The first-order chi connectivity index (χ1) is 37.0. The van der Waals surface area contributed by atoms with E-state index in [1.165, 1.54) is 186 Å². The van der Waals surface area contributed by atoms with Crippen LogP contribution in [0.15, 0.2) is 72.9 Å². The number of rotatable bonds is 59. The SMILES string of the molecule is CC/C=C\C/C=C\C/C=C\CCCCCCCCCC(=O)OCC(COC(=O)CCCCCCCC/C=C\C/C=C\C/C=C\CCCCCCC)OC(=O)CCCCCCCCCCCCCCCCCCCCC. The summed E-state index contributed by atoms with van der Waals surface area (Å²) >= 11 is 0. The summed E-state index contributed by atoms with van der Waals surface area (Å²) in [6.07, 6.45) is 81.9. The third-order valence-corrected chi connectivity index (χ3v) is 14.2. The van der Waals surface area contributed by atoms with E-state index in [1.807, 2.05) is 0 Å². The number of hydrogen-bond donors (Lipinski definition) is 0. The summed E-state index contributed by atoms with van der Waals surface area (Å²) in [5, 5.41) is 0. The zero-order valence-electron chi connectivity index (χ0n) is 49.8. The minimum atomic E-state index is -0.785. The highest BCUT2D eigenvalue weighted by Crippen LogP contribution is 2.17. The molecule has 0 aliphatic carbocycles. The highest BCUT2D eigenvalue weighted by Gasteiger charge is 2.19. The van der Waals surface area contributed by atoms with Crippen molar-refractivity contribution in [3.8, 4) is 0 Å². The third-order valence-electron chi connectivity index (χ3n) is 14.2. The maximum Gasteiger partial charge on any atom is 0.306 e. The van der Waals surface area contributed by atoms with Gasteiger partial charge >= 0.3 is 17.9 Å². The number of carbonyl (C=O) groups is 3. The number of allylic oxidation sites excluding steroid dienone is 12. The van der Waals surface area contributed by atoms with Crippen molar-refractivity contribution < 1.29 is 28.6 Å². The van der Waals surface area contributed by atoms with Crippen LogP contribution in [0.2, 0.25) is 0 Å². The Morgan fingerprint density at radius 1 is 0.280 bits per heavy atom. The number of carbonyl (C=O) groups excluding carboxylic acids is 3. The molecule has 75 heavy (non-hydrogen) atoms. The van der Waals surface area contributed by atoms with E-state index < -0.39 is 6.10 Å². The van der Waals surface area contributed by atoms with Gasteiger partial charge in [-0.2, -0.15) is 0 Å². The molecule has 0 aliphatic heterocycles. The van der Waals surface area contributed by atoms with Gasteiger partial charge in [0.25, 0.3) is 0 Å². The van der Waals surface area contributed by atoms with Crippen molar-refractivity contribution in [3.05, 3.63) is 72.9 Å². The Balaban J connectivity index is 4.39. The van der Waals surface area contributed by atoms with E-state index in [0.717, 1.165) is 103 Å². The second-order valence-electron chi connectivity index (χ2n) is 21.6. The molecule has 0 aliphatic rings. The van der Waals surface area contributed by atoms with Crippen LogP contribution in [-0.2, 0) is 28.6 Å². The topological polar surface area (TPSA) is 78.9 Å². The number of ether oxygens (including phenoxy) is 3. The van der Waals surface area contributed by atoms with Crippen LogP contribution in [0.5, 0.6) is 0 Å². The number of esters is 3. The molecule has 0 N–H and O–H groups in total. The lowest BCUT2D eigenvalue weighted by molar-refractivity contribution is -0.167. The van der Waals surface area contributed by atoms with Gasteiger partial charge < -0.3 is 14.2 Å². The molecular weight excluding hydrogens is 925 g/mol. The third kappa shape index (κ3) is 61.6. The Kier molecular flexibility index (Phi) is 60.7. The maximum absolute atomic E-state index is 12.9. The lowest BCUT2D eigenvalue weighted by Gasteiger charge is -2.18. The summed E-state index contributed by atoms with van der Waals surface area (Å²) < 4.78 is 16.9. The molecule has 434 valence electrons. The van der Waals surface area contributed by atoms with Crippen molar-refractivity contribution in [1.82, 2.24) is 0 Å². The first-order valence-electron chi connectivity index (χ1n) is 32.4. The van der Waals surface area contributed by atoms with Crippen LogP contribution in [0.1, 0.15) is 329 Å². The van der Waals surface area contributed by atoms with Gasteiger partial charge in [0.15, 0.2) is 6.10 Å². The predicted molar refractivity (Wildman–Crippen MR) is 325 cm³/mol. The molecule has 0 aromatic carbocycles. The molecule has 0 fully saturated rings. The molecule has 0 radical (unpaired) electrons. The summed E-state index contributed by atoms with van der Waals surface area (Å²) in [5.74, 6) is -0.886. The second kappa shape index (κ2) is 63.4. The Hall–Kier alpha value is -3.15. The van der Waals surface area contributed by atoms with E-state index in [9.17, 15) is 14.4 Å². The van der Waals surface area contributed by atoms with Gasteiger partial charge in [-0.05, 0) is 89.9 Å². The van der Waals surface area contributed by atoms with E-state index in [0.29, 0.717) is 19.3 Å². The molecule has 0 aromatic rings. The molecule has 0 saturated carbocycles. The molecular formula is C69H122O6. The summed E-state index contributed by atoms with van der Waals surface area (Å²) in [6.45, 7) is 6.55. The van der Waals surface area contributed by atoms with Gasteiger partial charge in [-0.3, -0.25) is 14.4 Å². The summed E-state index contributed by atoms with van der Waals surface area (Å²) in [5.41, 5.74) is 0. The van der Waals surface area contributed by atoms with E-state index in [2.05, 4.69) is 93.7 Å². The monoisotopic (exact) mass is 1050 g/mol. The van der Waals surface area contributed by atoms with Crippen LogP contribution in [0.25, 0.3) is 0 Å². The van der Waals surface area contributed by atoms with E-state index in [4.69, 9.17) is 14.2 Å². The van der Waals surface area contributed by atoms with Gasteiger partial charge in [0.2, 0.25) is 0 Å². The number of unbranched alkanes of at least 4 members (excludes halogenated alkanes) is 36. The molecule has 0 heterocycles. The molecule has 0 amide bonds. The van der Waals surface area contributed by atoms with Crippen molar-refractivity contribution in [2.75, 3.05) is 13.2 Å². The van der Waals surface area contributed by atoms with E-state index in [1.54, 1.807) is 0 Å². The van der Waals surface area contributed by atoms with Gasteiger partial charge in [0, 0.05) is 19.3 Å². The average Bonchev–Trinajstić information content (AvgIpc) is 3.41. The Bertz CT molecular complexity index is 1390. The Labute approximate surface area is 465 Å². The molecule has 6 heteroatoms. The van der Waals surface area contributed by atoms with Gasteiger partial charge in [-0.15, -0.1) is 0 Å². The highest BCUT2D eigenvalue weighted by molar-refractivity contribution is 5.71. The van der Waals surface area contributed by atoms with Crippen molar-refractivity contribution >= 4 is 17.9 Å². The van der Waals surface area contributed by atoms with E-state index in [-0.39, 0.29) is 31.1 Å². The fraction of sp³-hybridized carbons (Fsp3) is 0.783. The molecule has 6 nitrogen and oxygen atoms in total. The van der Waals surface area contributed by atoms with Crippen molar-refractivity contribution in [1.29, 1.82) is 0 Å². The molecule has 0 aromatic heterocycles. The minimum Gasteiger partial charge on any atom is -0.462 e. The normalized spacial score (nSPS) is 12.5. The van der Waals surface area contributed by atoms with Crippen LogP contribution in [0, 0.1) is 0 Å². The van der Waals surface area contributed by atoms with Crippen LogP contribution in [0.3, 0.4) is 0 Å². The van der Waals surface area contributed by atoms with Gasteiger partial charge in [0.05, 0.1) is 0 Å². The molecule has 0 saturated heterocycles. The van der Waals surface area contributed by atoms with Crippen LogP contribution < -0.4 is 0 Å². The lowest BCUT2D eigenvalue weighted by Crippen LogP contribution is -2.30. The molecule has 1 atom stereocenters. The summed E-state index contributed by atoms with van der Waals surface area (Å²) in [4.78, 5) is 38.4. The fourth-order valence-corrected chi connectivity index (χ4v) is 9.35. The van der Waals surface area contributed by atoms with Crippen molar-refractivity contribution in [2.24, 2.45) is 0 Å². The lowest BCUT2D eigenvalue weighted by atomic mass is 10.0. The molecule has 0 rings (SSSR count). The van der Waals surface area contributed by atoms with Crippen molar-refractivity contribution in [2.45, 2.75) is 335 Å². The standard InChI is InChI=1S/C69H122O6/c1-4-7-10-13-16-19-22-25-28-31-33-34-36-38-41-44-47-50-53-56-59-62-68(71)74-65-66(64-73-67(70)61-58-55-52-49-46-43-40-37-30-27-24-21-18-15-12-9-6-3)75-69(72)63-60-57-54-51-48-45-42-39-35-32-29-26-23-20-17-14-11-8-5-2/h9,12,18,21-22,25,27,30-31,33,36,38,66H,4-8,10-11,13-17,19-20,23-24,26,28-29,32,34-35,37,39-65H2,1-3H3/b12-9-,21-18-,25-22-,30-27-,33-31-,38-36-. The molecule has 0 bridgehead atoms. The average molecular weight is 1050 g/mol. The fourth-order valence-electron chi connectivity index (χ4n) is 9.35. The zero-order chi connectivity index (χ0) is 54.3. The first kappa shape index (κ1) is 71.8.